The normalized spacial score (nSPS) is 14.4. The highest BCUT2D eigenvalue weighted by molar-refractivity contribution is 7.89. The van der Waals surface area contributed by atoms with E-state index < -0.39 is 15.9 Å². The van der Waals surface area contributed by atoms with Crippen LogP contribution < -0.4 is 10.0 Å². The van der Waals surface area contributed by atoms with E-state index in [9.17, 15) is 13.2 Å². The van der Waals surface area contributed by atoms with Crippen LogP contribution in [-0.4, -0.2) is 39.6 Å². The van der Waals surface area contributed by atoms with Crippen LogP contribution in [-0.2, 0) is 14.8 Å². The van der Waals surface area contributed by atoms with Gasteiger partial charge in [-0.25, -0.2) is 18.1 Å². The molecule has 10 heteroatoms. The fraction of sp³-hybridized carbons (Fsp3) is 0.375. The number of benzene rings is 1. The summed E-state index contributed by atoms with van der Waals surface area (Å²) in [7, 11) is -2.28. The SMILES string of the molecule is COCCNS(=O)(=O)c1ccc(Cl)c(C(=O)Nc2nc(C3CC3)cs2)c1. The minimum Gasteiger partial charge on any atom is -0.383 e. The van der Waals surface area contributed by atoms with Gasteiger partial charge in [-0.3, -0.25) is 10.1 Å². The zero-order valence-corrected chi connectivity index (χ0v) is 16.4. The molecule has 0 spiro atoms. The van der Waals surface area contributed by atoms with E-state index in [2.05, 4.69) is 15.0 Å². The second-order valence-corrected chi connectivity index (χ2v) is 8.87. The van der Waals surface area contributed by atoms with Gasteiger partial charge in [-0.1, -0.05) is 11.6 Å². The number of aromatic nitrogens is 1. The molecule has 1 fully saturated rings. The Bertz CT molecular complexity index is 910. The summed E-state index contributed by atoms with van der Waals surface area (Å²) in [6, 6.07) is 3.99. The van der Waals surface area contributed by atoms with Crippen molar-refractivity contribution in [2.45, 2.75) is 23.7 Å². The van der Waals surface area contributed by atoms with Crippen molar-refractivity contribution in [2.75, 3.05) is 25.6 Å². The first-order valence-electron chi connectivity index (χ1n) is 7.95. The van der Waals surface area contributed by atoms with Gasteiger partial charge in [0.25, 0.3) is 5.91 Å². The number of hydrogen-bond donors (Lipinski definition) is 2. The molecule has 26 heavy (non-hydrogen) atoms. The molecule has 2 N–H and O–H groups in total. The smallest absolute Gasteiger partial charge is 0.259 e. The number of anilines is 1. The third-order valence-corrected chi connectivity index (χ3v) is 6.39. The average molecular weight is 416 g/mol. The number of amides is 1. The summed E-state index contributed by atoms with van der Waals surface area (Å²) in [5.41, 5.74) is 1.06. The quantitative estimate of drug-likeness (QED) is 0.646. The van der Waals surface area contributed by atoms with Crippen LogP contribution in [0.15, 0.2) is 28.5 Å². The molecule has 0 bridgehead atoms. The third kappa shape index (κ3) is 4.60. The number of carbonyl (C=O) groups excluding carboxylic acids is 1. The van der Waals surface area contributed by atoms with E-state index in [0.717, 1.165) is 18.5 Å². The highest BCUT2D eigenvalue weighted by Crippen LogP contribution is 2.41. The number of nitrogens with one attached hydrogen (secondary N) is 2. The van der Waals surface area contributed by atoms with Crippen molar-refractivity contribution in [3.8, 4) is 0 Å². The number of halogens is 1. The van der Waals surface area contributed by atoms with Crippen LogP contribution in [0.5, 0.6) is 0 Å². The number of thiazole rings is 1. The van der Waals surface area contributed by atoms with E-state index in [1.165, 1.54) is 36.6 Å². The topological polar surface area (TPSA) is 97.4 Å². The maximum absolute atomic E-state index is 12.5. The zero-order chi connectivity index (χ0) is 18.7. The lowest BCUT2D eigenvalue weighted by atomic mass is 10.2. The molecule has 0 aliphatic heterocycles. The molecule has 1 aliphatic rings. The highest BCUT2D eigenvalue weighted by atomic mass is 35.5. The molecule has 1 aromatic heterocycles. The summed E-state index contributed by atoms with van der Waals surface area (Å²) in [6.07, 6.45) is 2.25. The van der Waals surface area contributed by atoms with Crippen molar-refractivity contribution in [3.05, 3.63) is 39.9 Å². The fourth-order valence-electron chi connectivity index (χ4n) is 2.28. The van der Waals surface area contributed by atoms with E-state index in [0.29, 0.717) is 11.0 Å². The van der Waals surface area contributed by atoms with Crippen molar-refractivity contribution in [1.29, 1.82) is 0 Å². The molecule has 2 aromatic rings. The predicted molar refractivity (Wildman–Crippen MR) is 101 cm³/mol. The molecule has 7 nitrogen and oxygen atoms in total. The van der Waals surface area contributed by atoms with Crippen LogP contribution in [0.4, 0.5) is 5.13 Å². The molecule has 1 saturated carbocycles. The van der Waals surface area contributed by atoms with E-state index in [-0.39, 0.29) is 28.6 Å². The number of nitrogens with zero attached hydrogens (tertiary/aromatic N) is 1. The van der Waals surface area contributed by atoms with Gasteiger partial charge in [0.1, 0.15) is 0 Å². The van der Waals surface area contributed by atoms with Crippen molar-refractivity contribution in [3.63, 3.8) is 0 Å². The Labute approximate surface area is 160 Å². The van der Waals surface area contributed by atoms with Crippen LogP contribution in [0.1, 0.15) is 34.8 Å². The molecule has 0 atom stereocenters. The summed E-state index contributed by atoms with van der Waals surface area (Å²) in [4.78, 5) is 16.9. The molecule has 0 saturated heterocycles. The van der Waals surface area contributed by atoms with E-state index in [1.807, 2.05) is 5.38 Å². The van der Waals surface area contributed by atoms with Gasteiger partial charge < -0.3 is 4.74 Å². The van der Waals surface area contributed by atoms with Gasteiger partial charge in [-0.05, 0) is 31.0 Å². The lowest BCUT2D eigenvalue weighted by molar-refractivity contribution is 0.102. The second kappa shape index (κ2) is 8.01. The Morgan fingerprint density at radius 1 is 1.42 bits per heavy atom. The van der Waals surface area contributed by atoms with Crippen LogP contribution in [0.2, 0.25) is 5.02 Å². The molecule has 1 amide bonds. The van der Waals surface area contributed by atoms with Crippen molar-refractivity contribution >= 4 is 44.0 Å². The second-order valence-electron chi connectivity index (χ2n) is 5.84. The minimum atomic E-state index is -3.76. The number of rotatable bonds is 8. The van der Waals surface area contributed by atoms with E-state index >= 15 is 0 Å². The van der Waals surface area contributed by atoms with Gasteiger partial charge in [-0.2, -0.15) is 0 Å². The Balaban J connectivity index is 1.76. The molecule has 1 aliphatic carbocycles. The molecular weight excluding hydrogens is 398 g/mol. The molecule has 140 valence electrons. The zero-order valence-electron chi connectivity index (χ0n) is 14.0. The summed E-state index contributed by atoms with van der Waals surface area (Å²) >= 11 is 7.43. The Hall–Kier alpha value is -1.52. The van der Waals surface area contributed by atoms with Gasteiger partial charge in [0.2, 0.25) is 10.0 Å². The largest absolute Gasteiger partial charge is 0.383 e. The summed E-state index contributed by atoms with van der Waals surface area (Å²) in [6.45, 7) is 0.375. The number of hydrogen-bond acceptors (Lipinski definition) is 6. The predicted octanol–water partition coefficient (Wildman–Crippen LogP) is 2.85. The van der Waals surface area contributed by atoms with Crippen LogP contribution in [0.3, 0.4) is 0 Å². The Kier molecular flexibility index (Phi) is 5.93. The fourth-order valence-corrected chi connectivity index (χ4v) is 4.31. The number of ether oxygens (including phenoxy) is 1. The summed E-state index contributed by atoms with van der Waals surface area (Å²) in [5, 5.41) is 5.24. The molecule has 3 rings (SSSR count). The van der Waals surface area contributed by atoms with Crippen LogP contribution in [0, 0.1) is 0 Å². The molecule has 0 unspecified atom stereocenters. The van der Waals surface area contributed by atoms with Crippen LogP contribution in [0.25, 0.3) is 0 Å². The Morgan fingerprint density at radius 2 is 2.19 bits per heavy atom. The van der Waals surface area contributed by atoms with E-state index in [4.69, 9.17) is 16.3 Å². The average Bonchev–Trinajstić information content (AvgIpc) is 3.35. The monoisotopic (exact) mass is 415 g/mol. The lowest BCUT2D eigenvalue weighted by Crippen LogP contribution is -2.27. The van der Waals surface area contributed by atoms with Crippen molar-refractivity contribution in [2.24, 2.45) is 0 Å². The summed E-state index contributed by atoms with van der Waals surface area (Å²) in [5.74, 6) is -0.00669. The first-order valence-corrected chi connectivity index (χ1v) is 10.7. The third-order valence-electron chi connectivity index (χ3n) is 3.83. The van der Waals surface area contributed by atoms with Gasteiger partial charge in [0.15, 0.2) is 5.13 Å². The molecular formula is C16H18ClN3O4S2. The van der Waals surface area contributed by atoms with Gasteiger partial charge >= 0.3 is 0 Å². The Morgan fingerprint density at radius 3 is 2.88 bits per heavy atom. The first kappa shape index (κ1) is 19.2. The maximum Gasteiger partial charge on any atom is 0.259 e. The highest BCUT2D eigenvalue weighted by Gasteiger charge is 2.26. The summed E-state index contributed by atoms with van der Waals surface area (Å²) < 4.78 is 31.8. The van der Waals surface area contributed by atoms with Crippen LogP contribution >= 0.6 is 22.9 Å². The van der Waals surface area contributed by atoms with Crippen molar-refractivity contribution in [1.82, 2.24) is 9.71 Å². The minimum absolute atomic E-state index is 0.0408. The van der Waals surface area contributed by atoms with E-state index in [1.54, 1.807) is 0 Å². The van der Waals surface area contributed by atoms with Crippen molar-refractivity contribution < 1.29 is 17.9 Å². The van der Waals surface area contributed by atoms with Gasteiger partial charge in [0.05, 0.1) is 27.8 Å². The molecule has 1 aromatic carbocycles. The number of methoxy groups -OCH3 is 1. The number of sulfonamides is 1. The first-order chi connectivity index (χ1) is 12.4. The maximum atomic E-state index is 12.5. The molecule has 0 radical (unpaired) electrons. The van der Waals surface area contributed by atoms with Gasteiger partial charge in [-0.15, -0.1) is 11.3 Å². The van der Waals surface area contributed by atoms with Gasteiger partial charge in [0, 0.05) is 25.0 Å². The standard InChI is InChI=1S/C16H18ClN3O4S2/c1-24-7-6-18-26(22,23)11-4-5-13(17)12(8-11)15(21)20-16-19-14(9-25-16)10-2-3-10/h4-5,8-10,18H,2-3,6-7H2,1H3,(H,19,20,21). The molecule has 1 heterocycles. The number of carbonyl (C=O) groups is 1. The lowest BCUT2D eigenvalue weighted by Gasteiger charge is -2.09.